The minimum Gasteiger partial charge on any atom is -0.378 e. The number of carbonyl (C=O) groups excluding carboxylic acids is 1. The third-order valence-electron chi connectivity index (χ3n) is 4.80. The van der Waals surface area contributed by atoms with Gasteiger partial charge in [0.05, 0.1) is 42.9 Å². The van der Waals surface area contributed by atoms with E-state index in [4.69, 9.17) is 4.74 Å². The molecule has 0 spiro atoms. The van der Waals surface area contributed by atoms with E-state index in [9.17, 15) is 9.18 Å². The van der Waals surface area contributed by atoms with Gasteiger partial charge in [0, 0.05) is 31.7 Å². The van der Waals surface area contributed by atoms with Crippen LogP contribution in [-0.4, -0.2) is 56.9 Å². The number of anilines is 2. The van der Waals surface area contributed by atoms with Crippen molar-refractivity contribution in [1.29, 1.82) is 0 Å². The van der Waals surface area contributed by atoms with Crippen LogP contribution in [0.1, 0.15) is 16.1 Å². The second kappa shape index (κ2) is 6.64. The highest BCUT2D eigenvalue weighted by atomic mass is 19.1. The summed E-state index contributed by atoms with van der Waals surface area (Å²) >= 11 is 0. The minimum absolute atomic E-state index is 0.0893. The zero-order chi connectivity index (χ0) is 19.1. The quantitative estimate of drug-likeness (QED) is 0.673. The fourth-order valence-corrected chi connectivity index (χ4v) is 3.36. The lowest BCUT2D eigenvalue weighted by Crippen LogP contribution is -2.36. The molecular weight excluding hydrogens is 365 g/mol. The number of amides is 1. The molecule has 5 heterocycles. The molecule has 0 aromatic carbocycles. The Balaban J connectivity index is 1.38. The standard InChI is InChI=1S/C18H16FN7O2/c19-16-17(21-4-3-20-16)25-11-14-13(18(25)27)10-26(23-14)12-1-2-15(22-9-12)24-5-7-28-8-6-24/h1-4,9-10H,5-8,11H2. The number of hydrogen-bond donors (Lipinski definition) is 0. The fourth-order valence-electron chi connectivity index (χ4n) is 3.36. The van der Waals surface area contributed by atoms with Gasteiger partial charge in [-0.15, -0.1) is 0 Å². The Morgan fingerprint density at radius 1 is 1.07 bits per heavy atom. The number of morpholine rings is 1. The molecule has 0 saturated carbocycles. The zero-order valence-electron chi connectivity index (χ0n) is 14.8. The lowest BCUT2D eigenvalue weighted by atomic mass is 10.3. The van der Waals surface area contributed by atoms with Crippen LogP contribution in [0.3, 0.4) is 0 Å². The van der Waals surface area contributed by atoms with Crippen LogP contribution in [0.25, 0.3) is 5.69 Å². The second-order valence-corrected chi connectivity index (χ2v) is 6.47. The first kappa shape index (κ1) is 16.8. The third kappa shape index (κ3) is 2.78. The average Bonchev–Trinajstić information content (AvgIpc) is 3.29. The molecule has 1 amide bonds. The summed E-state index contributed by atoms with van der Waals surface area (Å²) in [6.07, 6.45) is 5.95. The molecule has 0 aliphatic carbocycles. The number of ether oxygens (including phenoxy) is 1. The van der Waals surface area contributed by atoms with E-state index in [1.807, 2.05) is 12.1 Å². The molecule has 2 aliphatic rings. The van der Waals surface area contributed by atoms with Crippen molar-refractivity contribution in [1.82, 2.24) is 24.7 Å². The smallest absolute Gasteiger partial charge is 0.263 e. The van der Waals surface area contributed by atoms with E-state index >= 15 is 0 Å². The molecule has 9 nitrogen and oxygen atoms in total. The number of fused-ring (bicyclic) bond motifs is 1. The first-order chi connectivity index (χ1) is 13.7. The van der Waals surface area contributed by atoms with Crippen LogP contribution in [0.5, 0.6) is 0 Å². The Bertz CT molecular complexity index is 1030. The molecule has 5 rings (SSSR count). The van der Waals surface area contributed by atoms with Gasteiger partial charge in [0.15, 0.2) is 5.82 Å². The maximum atomic E-state index is 13.9. The van der Waals surface area contributed by atoms with Crippen LogP contribution >= 0.6 is 0 Å². The van der Waals surface area contributed by atoms with E-state index < -0.39 is 5.95 Å². The number of pyridine rings is 1. The topological polar surface area (TPSA) is 89.3 Å². The van der Waals surface area contributed by atoms with Crippen LogP contribution in [0, 0.1) is 5.95 Å². The summed E-state index contributed by atoms with van der Waals surface area (Å²) < 4.78 is 20.8. The lowest BCUT2D eigenvalue weighted by molar-refractivity contribution is 0.0994. The highest BCUT2D eigenvalue weighted by Crippen LogP contribution is 2.28. The number of carbonyl (C=O) groups is 1. The molecule has 1 saturated heterocycles. The van der Waals surface area contributed by atoms with Crippen LogP contribution < -0.4 is 9.80 Å². The van der Waals surface area contributed by atoms with E-state index in [1.165, 1.54) is 17.3 Å². The van der Waals surface area contributed by atoms with Gasteiger partial charge in [0.25, 0.3) is 11.9 Å². The van der Waals surface area contributed by atoms with Crippen molar-refractivity contribution in [2.24, 2.45) is 0 Å². The van der Waals surface area contributed by atoms with Crippen molar-refractivity contribution >= 4 is 17.5 Å². The SMILES string of the molecule is O=C1c2cn(-c3ccc(N4CCOCC4)nc3)nc2CN1c1nccnc1F. The minimum atomic E-state index is -0.781. The van der Waals surface area contributed by atoms with Crippen molar-refractivity contribution in [2.45, 2.75) is 6.54 Å². The molecule has 10 heteroatoms. The van der Waals surface area contributed by atoms with Crippen LogP contribution in [0.15, 0.2) is 36.9 Å². The molecule has 142 valence electrons. The van der Waals surface area contributed by atoms with Gasteiger partial charge in [-0.25, -0.2) is 19.6 Å². The third-order valence-corrected chi connectivity index (χ3v) is 4.80. The largest absolute Gasteiger partial charge is 0.378 e. The number of aromatic nitrogens is 5. The van der Waals surface area contributed by atoms with E-state index in [-0.39, 0.29) is 18.3 Å². The van der Waals surface area contributed by atoms with Crippen LogP contribution in [-0.2, 0) is 11.3 Å². The summed E-state index contributed by atoms with van der Waals surface area (Å²) in [5.74, 6) is -0.337. The highest BCUT2D eigenvalue weighted by molar-refractivity contribution is 6.09. The van der Waals surface area contributed by atoms with Gasteiger partial charge in [0.1, 0.15) is 5.82 Å². The van der Waals surface area contributed by atoms with Gasteiger partial charge < -0.3 is 9.64 Å². The summed E-state index contributed by atoms with van der Waals surface area (Å²) in [5, 5.41) is 4.47. The number of hydrogen-bond acceptors (Lipinski definition) is 7. The molecule has 0 unspecified atom stereocenters. The Hall–Kier alpha value is -3.40. The van der Waals surface area contributed by atoms with Crippen molar-refractivity contribution in [3.63, 3.8) is 0 Å². The van der Waals surface area contributed by atoms with Crippen molar-refractivity contribution < 1.29 is 13.9 Å². The summed E-state index contributed by atoms with van der Waals surface area (Å²) in [5.41, 5.74) is 1.73. The van der Waals surface area contributed by atoms with Crippen LogP contribution in [0.2, 0.25) is 0 Å². The van der Waals surface area contributed by atoms with E-state index in [0.717, 1.165) is 24.6 Å². The fraction of sp³-hybridized carbons (Fsp3) is 0.278. The predicted octanol–water partition coefficient (Wildman–Crippen LogP) is 1.19. The van der Waals surface area contributed by atoms with Crippen molar-refractivity contribution in [2.75, 3.05) is 36.1 Å². The van der Waals surface area contributed by atoms with Crippen LogP contribution in [0.4, 0.5) is 16.0 Å². The van der Waals surface area contributed by atoms with Crippen molar-refractivity contribution in [3.8, 4) is 5.69 Å². The maximum Gasteiger partial charge on any atom is 0.263 e. The molecule has 1 fully saturated rings. The molecule has 0 atom stereocenters. The Morgan fingerprint density at radius 2 is 1.89 bits per heavy atom. The molecule has 3 aromatic rings. The maximum absolute atomic E-state index is 13.9. The summed E-state index contributed by atoms with van der Waals surface area (Å²) in [7, 11) is 0. The first-order valence-corrected chi connectivity index (χ1v) is 8.87. The Morgan fingerprint density at radius 3 is 2.61 bits per heavy atom. The van der Waals surface area contributed by atoms with E-state index in [1.54, 1.807) is 17.1 Å². The highest BCUT2D eigenvalue weighted by Gasteiger charge is 2.34. The monoisotopic (exact) mass is 381 g/mol. The van der Waals surface area contributed by atoms with E-state index in [2.05, 4.69) is 25.0 Å². The number of rotatable bonds is 3. The summed E-state index contributed by atoms with van der Waals surface area (Å²) in [6, 6.07) is 3.83. The zero-order valence-corrected chi connectivity index (χ0v) is 14.8. The van der Waals surface area contributed by atoms with Gasteiger partial charge in [-0.1, -0.05) is 0 Å². The van der Waals surface area contributed by atoms with E-state index in [0.29, 0.717) is 24.5 Å². The summed E-state index contributed by atoms with van der Waals surface area (Å²) in [6.45, 7) is 3.16. The second-order valence-electron chi connectivity index (χ2n) is 6.47. The predicted molar refractivity (Wildman–Crippen MR) is 96.9 cm³/mol. The normalized spacial score (nSPS) is 16.5. The van der Waals surface area contributed by atoms with Gasteiger partial charge in [0.2, 0.25) is 0 Å². The van der Waals surface area contributed by atoms with Gasteiger partial charge >= 0.3 is 0 Å². The Kier molecular flexibility index (Phi) is 3.97. The molecule has 3 aromatic heterocycles. The average molecular weight is 381 g/mol. The molecule has 0 N–H and O–H groups in total. The van der Waals surface area contributed by atoms with Crippen molar-refractivity contribution in [3.05, 3.63) is 54.1 Å². The molecule has 28 heavy (non-hydrogen) atoms. The van der Waals surface area contributed by atoms with Gasteiger partial charge in [-0.2, -0.15) is 9.49 Å². The van der Waals surface area contributed by atoms with Gasteiger partial charge in [-0.05, 0) is 12.1 Å². The first-order valence-electron chi connectivity index (χ1n) is 8.87. The van der Waals surface area contributed by atoms with Gasteiger partial charge in [-0.3, -0.25) is 9.69 Å². The summed E-state index contributed by atoms with van der Waals surface area (Å²) in [4.78, 5) is 28.0. The Labute approximate surface area is 159 Å². The molecule has 0 bridgehead atoms. The number of nitrogens with zero attached hydrogens (tertiary/aromatic N) is 7. The number of halogens is 1. The lowest BCUT2D eigenvalue weighted by Gasteiger charge is -2.27. The molecule has 2 aliphatic heterocycles. The molecular formula is C18H16FN7O2. The molecule has 0 radical (unpaired) electrons.